The molecule has 7 heteroatoms. The SMILES string of the molecule is CC(C)C[C@H](C(=O)N1CCN(c2ccccc2-c2ccc(F)cc2)C[C@H]1C)[C@@H]1OC(C)(C)OC1=O. The largest absolute Gasteiger partial charge is 0.432 e. The lowest BCUT2D eigenvalue weighted by Gasteiger charge is -2.43. The Labute approximate surface area is 207 Å². The van der Waals surface area contributed by atoms with Crippen LogP contribution in [-0.4, -0.2) is 54.3 Å². The van der Waals surface area contributed by atoms with Gasteiger partial charge < -0.3 is 19.3 Å². The fourth-order valence-corrected chi connectivity index (χ4v) is 5.13. The van der Waals surface area contributed by atoms with E-state index in [0.717, 1.165) is 16.8 Å². The van der Waals surface area contributed by atoms with Crippen LogP contribution in [0.25, 0.3) is 11.1 Å². The van der Waals surface area contributed by atoms with E-state index in [9.17, 15) is 14.0 Å². The Bertz CT molecular complexity index is 1070. The van der Waals surface area contributed by atoms with E-state index in [0.29, 0.717) is 26.1 Å². The number of carbonyl (C=O) groups excluding carboxylic acids is 2. The van der Waals surface area contributed by atoms with Gasteiger partial charge in [0.25, 0.3) is 0 Å². The summed E-state index contributed by atoms with van der Waals surface area (Å²) in [4.78, 5) is 30.5. The van der Waals surface area contributed by atoms with Crippen molar-refractivity contribution in [2.24, 2.45) is 11.8 Å². The van der Waals surface area contributed by atoms with Crippen LogP contribution in [0.4, 0.5) is 10.1 Å². The Hall–Kier alpha value is -2.93. The predicted octanol–water partition coefficient (Wildman–Crippen LogP) is 4.87. The van der Waals surface area contributed by atoms with Gasteiger partial charge in [-0.25, -0.2) is 9.18 Å². The van der Waals surface area contributed by atoms with E-state index < -0.39 is 23.8 Å². The zero-order valence-corrected chi connectivity index (χ0v) is 21.2. The fourth-order valence-electron chi connectivity index (χ4n) is 5.13. The number of nitrogens with zero attached hydrogens (tertiary/aromatic N) is 2. The van der Waals surface area contributed by atoms with Crippen molar-refractivity contribution < 1.29 is 23.5 Å². The normalized spacial score (nSPS) is 22.9. The number of halogens is 1. The topological polar surface area (TPSA) is 59.1 Å². The lowest BCUT2D eigenvalue weighted by Crippen LogP contribution is -2.57. The number of rotatable bonds is 6. The van der Waals surface area contributed by atoms with Gasteiger partial charge in [-0.1, -0.05) is 44.2 Å². The molecule has 0 radical (unpaired) electrons. The molecule has 2 aliphatic heterocycles. The average Bonchev–Trinajstić information content (AvgIpc) is 3.09. The van der Waals surface area contributed by atoms with Crippen molar-refractivity contribution in [1.82, 2.24) is 4.90 Å². The zero-order valence-electron chi connectivity index (χ0n) is 21.2. The summed E-state index contributed by atoms with van der Waals surface area (Å²) in [6.07, 6.45) is -0.334. The van der Waals surface area contributed by atoms with Crippen LogP contribution in [0, 0.1) is 17.7 Å². The summed E-state index contributed by atoms with van der Waals surface area (Å²) in [6, 6.07) is 14.5. The van der Waals surface area contributed by atoms with Crippen molar-refractivity contribution in [2.75, 3.05) is 24.5 Å². The molecule has 0 saturated carbocycles. The number of anilines is 1. The van der Waals surface area contributed by atoms with Gasteiger partial charge >= 0.3 is 5.97 Å². The highest BCUT2D eigenvalue weighted by Gasteiger charge is 2.49. The number of piperazine rings is 1. The Kier molecular flexibility index (Phi) is 7.17. The van der Waals surface area contributed by atoms with E-state index >= 15 is 0 Å². The van der Waals surface area contributed by atoms with Crippen LogP contribution in [0.15, 0.2) is 48.5 Å². The van der Waals surface area contributed by atoms with Gasteiger partial charge in [-0.2, -0.15) is 0 Å². The first-order valence-electron chi connectivity index (χ1n) is 12.4. The maximum absolute atomic E-state index is 13.7. The van der Waals surface area contributed by atoms with E-state index in [1.54, 1.807) is 26.0 Å². The van der Waals surface area contributed by atoms with Crippen LogP contribution in [0.5, 0.6) is 0 Å². The highest BCUT2D eigenvalue weighted by atomic mass is 19.1. The quantitative estimate of drug-likeness (QED) is 0.550. The van der Waals surface area contributed by atoms with Gasteiger partial charge in [-0.05, 0) is 43.0 Å². The van der Waals surface area contributed by atoms with Crippen LogP contribution in [0.3, 0.4) is 0 Å². The number of para-hydroxylation sites is 1. The average molecular weight is 483 g/mol. The van der Waals surface area contributed by atoms with Crippen molar-refractivity contribution in [3.8, 4) is 11.1 Å². The molecule has 0 spiro atoms. The first kappa shape index (κ1) is 25.2. The van der Waals surface area contributed by atoms with E-state index in [-0.39, 0.29) is 23.7 Å². The molecule has 2 aromatic carbocycles. The number of hydrogen-bond donors (Lipinski definition) is 0. The molecule has 0 aromatic heterocycles. The van der Waals surface area contributed by atoms with E-state index in [2.05, 4.69) is 11.0 Å². The fraction of sp³-hybridized carbons (Fsp3) is 0.500. The summed E-state index contributed by atoms with van der Waals surface area (Å²) in [6.45, 7) is 11.4. The third kappa shape index (κ3) is 5.50. The molecule has 0 bridgehead atoms. The van der Waals surface area contributed by atoms with Crippen molar-refractivity contribution in [2.45, 2.75) is 59.0 Å². The highest BCUT2D eigenvalue weighted by molar-refractivity contribution is 5.88. The van der Waals surface area contributed by atoms with Crippen molar-refractivity contribution >= 4 is 17.6 Å². The van der Waals surface area contributed by atoms with Crippen LogP contribution in [0.2, 0.25) is 0 Å². The number of esters is 1. The van der Waals surface area contributed by atoms with Crippen LogP contribution in [0.1, 0.15) is 41.0 Å². The standard InChI is InChI=1S/C28H35FN2O4/c1-18(2)16-23(25-27(33)35-28(4,5)34-25)26(32)31-15-14-30(17-19(31)3)24-9-7-6-8-22(24)20-10-12-21(29)13-11-20/h6-13,18-19,23,25H,14-17H2,1-5H3/t19-,23+,25+/m1/s1. The minimum absolute atomic E-state index is 0.0578. The second kappa shape index (κ2) is 9.97. The molecule has 2 fully saturated rings. The Balaban J connectivity index is 1.52. The molecule has 2 heterocycles. The molecule has 0 aliphatic carbocycles. The number of benzene rings is 2. The minimum Gasteiger partial charge on any atom is -0.432 e. The summed E-state index contributed by atoms with van der Waals surface area (Å²) in [5.74, 6) is -2.16. The summed E-state index contributed by atoms with van der Waals surface area (Å²) in [5, 5.41) is 0. The molecule has 2 aliphatic rings. The zero-order chi connectivity index (χ0) is 25.3. The summed E-state index contributed by atoms with van der Waals surface area (Å²) in [7, 11) is 0. The van der Waals surface area contributed by atoms with Gasteiger partial charge in [0.05, 0.1) is 5.92 Å². The Morgan fingerprint density at radius 2 is 1.80 bits per heavy atom. The van der Waals surface area contributed by atoms with Crippen molar-refractivity contribution in [3.05, 3.63) is 54.3 Å². The summed E-state index contributed by atoms with van der Waals surface area (Å²) >= 11 is 0. The lowest BCUT2D eigenvalue weighted by atomic mass is 9.90. The molecule has 3 atom stereocenters. The van der Waals surface area contributed by atoms with Crippen molar-refractivity contribution in [3.63, 3.8) is 0 Å². The van der Waals surface area contributed by atoms with Gasteiger partial charge in [0.2, 0.25) is 11.7 Å². The number of carbonyl (C=O) groups is 2. The Morgan fingerprint density at radius 1 is 1.11 bits per heavy atom. The molecule has 2 saturated heterocycles. The van der Waals surface area contributed by atoms with E-state index in [1.165, 1.54) is 12.1 Å². The number of hydrogen-bond acceptors (Lipinski definition) is 5. The molecular formula is C28H35FN2O4. The third-order valence-electron chi connectivity index (χ3n) is 6.71. The van der Waals surface area contributed by atoms with Gasteiger partial charge in [0.15, 0.2) is 6.10 Å². The van der Waals surface area contributed by atoms with Crippen molar-refractivity contribution in [1.29, 1.82) is 0 Å². The predicted molar refractivity (Wildman–Crippen MR) is 133 cm³/mol. The smallest absolute Gasteiger partial charge is 0.338 e. The highest BCUT2D eigenvalue weighted by Crippen LogP contribution is 2.35. The molecule has 4 rings (SSSR count). The lowest BCUT2D eigenvalue weighted by molar-refractivity contribution is -0.163. The van der Waals surface area contributed by atoms with Crippen LogP contribution in [-0.2, 0) is 19.1 Å². The molecule has 0 N–H and O–H groups in total. The second-order valence-corrected chi connectivity index (χ2v) is 10.4. The number of ether oxygens (including phenoxy) is 2. The second-order valence-electron chi connectivity index (χ2n) is 10.4. The maximum atomic E-state index is 13.7. The third-order valence-corrected chi connectivity index (χ3v) is 6.71. The van der Waals surface area contributed by atoms with Gasteiger partial charge in [-0.3, -0.25) is 4.79 Å². The maximum Gasteiger partial charge on any atom is 0.338 e. The number of amides is 1. The van der Waals surface area contributed by atoms with Crippen LogP contribution < -0.4 is 4.90 Å². The summed E-state index contributed by atoms with van der Waals surface area (Å²) < 4.78 is 24.7. The van der Waals surface area contributed by atoms with Crippen LogP contribution >= 0.6 is 0 Å². The molecule has 0 unspecified atom stereocenters. The van der Waals surface area contributed by atoms with Gasteiger partial charge in [0.1, 0.15) is 5.82 Å². The van der Waals surface area contributed by atoms with Gasteiger partial charge in [-0.15, -0.1) is 0 Å². The molecule has 6 nitrogen and oxygen atoms in total. The Morgan fingerprint density at radius 3 is 2.40 bits per heavy atom. The molecular weight excluding hydrogens is 447 g/mol. The first-order valence-corrected chi connectivity index (χ1v) is 12.4. The van der Waals surface area contributed by atoms with Gasteiger partial charge in [0, 0.05) is 50.8 Å². The monoisotopic (exact) mass is 482 g/mol. The first-order chi connectivity index (χ1) is 16.6. The molecule has 188 valence electrons. The minimum atomic E-state index is -1.02. The number of cyclic esters (lactones) is 1. The molecule has 1 amide bonds. The molecule has 35 heavy (non-hydrogen) atoms. The van der Waals surface area contributed by atoms with E-state index in [1.807, 2.05) is 43.9 Å². The van der Waals surface area contributed by atoms with E-state index in [4.69, 9.17) is 9.47 Å². The molecule has 2 aromatic rings. The summed E-state index contributed by atoms with van der Waals surface area (Å²) in [5.41, 5.74) is 3.03.